The summed E-state index contributed by atoms with van der Waals surface area (Å²) in [5.41, 5.74) is 5.12. The smallest absolute Gasteiger partial charge is 0.140 e. The van der Waals surface area contributed by atoms with Gasteiger partial charge in [0.05, 0.1) is 35.8 Å². The van der Waals surface area contributed by atoms with E-state index in [0.29, 0.717) is 77.8 Å². The molecule has 0 spiro atoms. The van der Waals surface area contributed by atoms with Gasteiger partial charge in [-0.2, -0.15) is 0 Å². The Balaban J connectivity index is 1.27. The number of quaternary nitrogens is 6. The second-order valence-corrected chi connectivity index (χ2v) is 21.2. The highest BCUT2D eigenvalue weighted by Crippen LogP contribution is 2.20. The fourth-order valence-corrected chi connectivity index (χ4v) is 13.3. The molecular formula is C54H72N6O12. The van der Waals surface area contributed by atoms with Gasteiger partial charge in [-0.15, -0.1) is 0 Å². The van der Waals surface area contributed by atoms with Gasteiger partial charge >= 0.3 is 0 Å². The largest absolute Gasteiger partial charge is 0.544 e. The molecule has 3 aromatic carbocycles. The van der Waals surface area contributed by atoms with Crippen LogP contribution in [0.3, 0.4) is 0 Å². The summed E-state index contributed by atoms with van der Waals surface area (Å²) in [6, 6.07) is 21.7. The Hall–Kier alpha value is -5.76. The van der Waals surface area contributed by atoms with Gasteiger partial charge < -0.3 is 88.8 Å². The highest BCUT2D eigenvalue weighted by Gasteiger charge is 2.43. The Morgan fingerprint density at radius 1 is 0.278 bits per heavy atom. The number of carboxylic acid groups (broad SMARTS) is 6. The van der Waals surface area contributed by atoms with Crippen molar-refractivity contribution in [1.82, 2.24) is 0 Å². The highest BCUT2D eigenvalue weighted by atomic mass is 16.4. The minimum absolute atomic E-state index is 0.232. The maximum Gasteiger partial charge on any atom is 0.140 e. The van der Waals surface area contributed by atoms with Crippen molar-refractivity contribution in [2.75, 3.05) is 39.3 Å². The van der Waals surface area contributed by atoms with Gasteiger partial charge in [-0.3, -0.25) is 0 Å². The molecule has 3 aromatic rings. The van der Waals surface area contributed by atoms with Crippen LogP contribution in [0.5, 0.6) is 0 Å². The van der Waals surface area contributed by atoms with E-state index in [-0.39, 0.29) is 75.5 Å². The summed E-state index contributed by atoms with van der Waals surface area (Å²) in [6.45, 7) is 0.174. The van der Waals surface area contributed by atoms with Crippen LogP contribution in [0.2, 0.25) is 0 Å². The lowest BCUT2D eigenvalue weighted by Gasteiger charge is -2.41. The van der Waals surface area contributed by atoms with Gasteiger partial charge in [-0.25, -0.2) is 0 Å². The van der Waals surface area contributed by atoms with Crippen molar-refractivity contribution in [3.63, 3.8) is 0 Å². The average Bonchev–Trinajstić information content (AvgIpc) is 3.33. The molecule has 10 rings (SSSR count). The maximum atomic E-state index is 12.4. The predicted molar refractivity (Wildman–Crippen MR) is 245 cm³/mol. The molecule has 0 radical (unpaired) electrons. The van der Waals surface area contributed by atoms with E-state index in [1.165, 1.54) is 0 Å². The number of benzene rings is 3. The first-order chi connectivity index (χ1) is 34.6. The third-order valence-corrected chi connectivity index (χ3v) is 16.3. The summed E-state index contributed by atoms with van der Waals surface area (Å²) in [5, 5.41) is 74.4. The maximum absolute atomic E-state index is 12.4. The number of hydrogen-bond acceptors (Lipinski definition) is 12. The molecular weight excluding hydrogens is 925 g/mol. The monoisotopic (exact) mass is 997 g/mol. The quantitative estimate of drug-likeness (QED) is 0.0989. The van der Waals surface area contributed by atoms with Gasteiger partial charge in [-0.05, 0) is 38.5 Å². The van der Waals surface area contributed by atoms with Crippen LogP contribution in [-0.4, -0.2) is 111 Å². The van der Waals surface area contributed by atoms with Crippen LogP contribution in [0, 0.1) is 0 Å². The van der Waals surface area contributed by atoms with Crippen LogP contribution in [-0.2, 0) is 68.0 Å². The number of carbonyl (C=O) groups excluding carboxylic acids is 6. The molecule has 3 fully saturated rings. The number of fused-ring (bicyclic) bond motifs is 3. The van der Waals surface area contributed by atoms with Gasteiger partial charge in [0.1, 0.15) is 115 Å². The van der Waals surface area contributed by atoms with Gasteiger partial charge in [0, 0.05) is 71.9 Å². The van der Waals surface area contributed by atoms with E-state index in [2.05, 4.69) is 0 Å². The zero-order valence-corrected chi connectivity index (χ0v) is 41.3. The minimum atomic E-state index is -1.22. The third kappa shape index (κ3) is 15.4. The minimum Gasteiger partial charge on any atom is -0.544 e. The van der Waals surface area contributed by atoms with Gasteiger partial charge in [0.2, 0.25) is 0 Å². The lowest BCUT2D eigenvalue weighted by atomic mass is 9.86. The number of hydrogen-bond donors (Lipinski definition) is 6. The molecule has 6 N–H and O–H groups in total. The van der Waals surface area contributed by atoms with E-state index in [1.54, 1.807) is 0 Å². The molecule has 6 unspecified atom stereocenters. The SMILES string of the molecule is O=C([O-])C[NH+]1Cc2ccc(cc2)C[NH+](CC(=O)[O-])[C@@H]2CCCC[C@H]2[NH+](CC(=O)[O-])Cc2ccc(cc2)C[NH+](CC(=O)[O-])[C@@H]2CCCC[C@H]2[NH+](CC(=O)[O-])Cc2ccc(cc2)C[NH+](CC(=O)[O-])[C@@H]2CCCC[C@H]21. The van der Waals surface area contributed by atoms with E-state index in [4.69, 9.17) is 0 Å². The van der Waals surface area contributed by atoms with Crippen molar-refractivity contribution < 1.29 is 88.8 Å². The van der Waals surface area contributed by atoms with Crippen LogP contribution in [0.15, 0.2) is 72.8 Å². The molecule has 4 heterocycles. The third-order valence-electron chi connectivity index (χ3n) is 16.3. The van der Waals surface area contributed by atoms with Crippen molar-refractivity contribution in [3.05, 3.63) is 106 Å². The molecule has 0 amide bonds. The fraction of sp³-hybridized carbons (Fsp3) is 0.556. The number of carbonyl (C=O) groups is 6. The summed E-state index contributed by atoms with van der Waals surface area (Å²) in [6.07, 6.45) is 9.11. The van der Waals surface area contributed by atoms with Crippen LogP contribution < -0.4 is 60.0 Å². The van der Waals surface area contributed by atoms with Crippen molar-refractivity contribution in [2.24, 2.45) is 0 Å². The zero-order valence-electron chi connectivity index (χ0n) is 41.3. The molecule has 3 saturated carbocycles. The Labute approximate surface area is 421 Å². The molecule has 7 aliphatic rings. The Morgan fingerprint density at radius 3 is 0.514 bits per heavy atom. The van der Waals surface area contributed by atoms with Gasteiger partial charge in [0.15, 0.2) is 0 Å². The molecule has 18 nitrogen and oxygen atoms in total. The fourth-order valence-electron chi connectivity index (χ4n) is 13.3. The molecule has 0 aromatic heterocycles. The Bertz CT molecular complexity index is 1900. The lowest BCUT2D eigenvalue weighted by Crippen LogP contribution is -3.26. The van der Waals surface area contributed by atoms with Gasteiger partial charge in [0.25, 0.3) is 0 Å². The number of rotatable bonds is 12. The summed E-state index contributed by atoms with van der Waals surface area (Å²) >= 11 is 0. The molecule has 18 heteroatoms. The summed E-state index contributed by atoms with van der Waals surface area (Å²) in [4.78, 5) is 78.9. The number of carboxylic acids is 6. The second-order valence-electron chi connectivity index (χ2n) is 21.2. The van der Waals surface area contributed by atoms with E-state index in [9.17, 15) is 59.4 Å². The molecule has 0 saturated heterocycles. The van der Waals surface area contributed by atoms with E-state index < -0.39 is 35.8 Å². The summed E-state index contributed by atoms with van der Waals surface area (Å²) < 4.78 is 0. The second kappa shape index (κ2) is 25.8. The standard InChI is InChI=1S/C54H72N6O12/c61-49(62)31-55-25-37-13-15-39(16-14-37)27-57(33-51(65)66)45-9-3-4-10-46(45)59(35-53(69)70)29-41-21-23-42(24-22-41)30-60(36-54(71)72)48-12-6-5-11-47(48)58(34-52(67)68)28-40-19-17-38(18-20-40)26-56(32-50(63)64)44-8-2-1-7-43(44)55/h13-24,43-48H,1-12,25-36H2,(H,61,62)(H,63,64)(H,65,66)(H,67,68)(H,69,70)(H,71,72)/t43-,44-,45-,46-,47-,48-/m1/s1. The Morgan fingerprint density at radius 2 is 0.403 bits per heavy atom. The summed E-state index contributed by atoms with van der Waals surface area (Å²) in [7, 11) is 0. The van der Waals surface area contributed by atoms with Gasteiger partial charge in [-0.1, -0.05) is 72.8 Å². The molecule has 6 bridgehead atoms. The highest BCUT2D eigenvalue weighted by molar-refractivity contribution is 5.66. The van der Waals surface area contributed by atoms with Crippen LogP contribution in [0.4, 0.5) is 0 Å². The first-order valence-electron chi connectivity index (χ1n) is 26.1. The van der Waals surface area contributed by atoms with E-state index in [0.717, 1.165) is 101 Å². The topological polar surface area (TPSA) is 267 Å². The molecule has 3 aliphatic carbocycles. The van der Waals surface area contributed by atoms with Crippen molar-refractivity contribution in [1.29, 1.82) is 0 Å². The Kier molecular flexibility index (Phi) is 19.3. The molecule has 12 atom stereocenters. The van der Waals surface area contributed by atoms with E-state index in [1.807, 2.05) is 72.8 Å². The van der Waals surface area contributed by atoms with Crippen LogP contribution >= 0.6 is 0 Å². The van der Waals surface area contributed by atoms with E-state index >= 15 is 0 Å². The average molecular weight is 997 g/mol. The first-order valence-corrected chi connectivity index (χ1v) is 26.1. The lowest BCUT2D eigenvalue weighted by molar-refractivity contribution is -1.00. The van der Waals surface area contributed by atoms with Crippen molar-refractivity contribution in [2.45, 2.75) is 153 Å². The zero-order chi connectivity index (χ0) is 51.3. The van der Waals surface area contributed by atoms with Crippen LogP contribution in [0.1, 0.15) is 110 Å². The number of aliphatic carboxylic acids is 6. The summed E-state index contributed by atoms with van der Waals surface area (Å²) in [5.74, 6) is -7.34. The van der Waals surface area contributed by atoms with Crippen molar-refractivity contribution >= 4 is 35.8 Å². The first kappa shape index (κ1) is 54.0. The molecule has 390 valence electrons. The molecule has 72 heavy (non-hydrogen) atoms. The molecule has 4 aliphatic heterocycles. The normalized spacial score (nSPS) is 29.7. The predicted octanol–water partition coefficient (Wildman–Crippen LogP) is -11.2. The van der Waals surface area contributed by atoms with Crippen molar-refractivity contribution in [3.8, 4) is 0 Å². The van der Waals surface area contributed by atoms with Crippen LogP contribution in [0.25, 0.3) is 0 Å². The number of nitrogens with one attached hydrogen (secondary N) is 6.